The van der Waals surface area contributed by atoms with Crippen LogP contribution < -0.4 is 0 Å². The van der Waals surface area contributed by atoms with Gasteiger partial charge in [0.05, 0.1) is 12.0 Å². The molecule has 5 aliphatic rings. The molecule has 49 heavy (non-hydrogen) atoms. The Balaban J connectivity index is 1.34. The Labute approximate surface area is 291 Å². The second-order valence-electron chi connectivity index (χ2n) is 16.6. The zero-order valence-electron chi connectivity index (χ0n) is 30.2. The van der Waals surface area contributed by atoms with Gasteiger partial charge in [0, 0.05) is 88.5 Å². The van der Waals surface area contributed by atoms with E-state index in [9.17, 15) is 14.0 Å². The first-order chi connectivity index (χ1) is 23.3. The number of nitrogens with zero attached hydrogens (tertiary/aromatic N) is 5. The first kappa shape index (κ1) is 36.2. The van der Waals surface area contributed by atoms with Gasteiger partial charge in [-0.15, -0.1) is 0 Å². The summed E-state index contributed by atoms with van der Waals surface area (Å²) in [5.41, 5.74) is -0.272. The Kier molecular flexibility index (Phi) is 11.0. The van der Waals surface area contributed by atoms with Crippen LogP contribution in [0.15, 0.2) is 18.2 Å². The van der Waals surface area contributed by atoms with E-state index in [0.29, 0.717) is 57.3 Å². The molecule has 0 N–H and O–H groups in total. The summed E-state index contributed by atoms with van der Waals surface area (Å²) in [5, 5.41) is 0. The molecule has 0 unspecified atom stereocenters. The van der Waals surface area contributed by atoms with E-state index in [4.69, 9.17) is 4.74 Å². The molecule has 0 radical (unpaired) electrons. The van der Waals surface area contributed by atoms with E-state index in [0.717, 1.165) is 57.7 Å². The number of carbonyl (C=O) groups is 3. The number of halogens is 2. The molecule has 5 fully saturated rings. The second kappa shape index (κ2) is 14.9. The molecule has 272 valence electrons. The highest BCUT2D eigenvalue weighted by atomic mass is 19.1. The number of rotatable bonds is 6. The lowest BCUT2D eigenvalue weighted by molar-refractivity contribution is -0.147. The maximum absolute atomic E-state index is 15.5. The van der Waals surface area contributed by atoms with E-state index < -0.39 is 34.9 Å². The third-order valence-electron chi connectivity index (χ3n) is 12.0. The Bertz CT molecular complexity index is 1350. The summed E-state index contributed by atoms with van der Waals surface area (Å²) in [7, 11) is 2.04. The van der Waals surface area contributed by atoms with Gasteiger partial charge in [-0.05, 0) is 69.5 Å². The van der Waals surface area contributed by atoms with Crippen LogP contribution in [-0.4, -0.2) is 132 Å². The molecule has 6 rings (SSSR count). The van der Waals surface area contributed by atoms with Gasteiger partial charge in [0.15, 0.2) is 0 Å². The van der Waals surface area contributed by atoms with Crippen LogP contribution in [0.1, 0.15) is 84.1 Å². The van der Waals surface area contributed by atoms with E-state index in [1.165, 1.54) is 12.1 Å². The van der Waals surface area contributed by atoms with Crippen molar-refractivity contribution in [1.82, 2.24) is 24.5 Å². The largest absolute Gasteiger partial charge is 0.381 e. The number of carbonyl (C=O) groups excluding carboxylic acids is 3. The summed E-state index contributed by atoms with van der Waals surface area (Å²) in [6, 6.07) is 2.94. The van der Waals surface area contributed by atoms with Crippen molar-refractivity contribution >= 4 is 17.7 Å². The van der Waals surface area contributed by atoms with E-state index in [2.05, 4.69) is 21.6 Å². The topological polar surface area (TPSA) is 76.6 Å². The molecule has 4 saturated heterocycles. The molecule has 1 aromatic carbocycles. The lowest BCUT2D eigenvalue weighted by Gasteiger charge is -2.42. The molecule has 1 aromatic rings. The van der Waals surface area contributed by atoms with Gasteiger partial charge < -0.3 is 24.3 Å². The molecule has 0 spiro atoms. The molecule has 4 atom stereocenters. The van der Waals surface area contributed by atoms with Crippen molar-refractivity contribution in [2.75, 3.05) is 66.1 Å². The fourth-order valence-electron chi connectivity index (χ4n) is 9.03. The smallest absolute Gasteiger partial charge is 0.245 e. The molecule has 11 heteroatoms. The van der Waals surface area contributed by atoms with Crippen LogP contribution in [0, 0.1) is 28.9 Å². The number of benzene rings is 1. The molecule has 4 heterocycles. The predicted molar refractivity (Wildman–Crippen MR) is 184 cm³/mol. The summed E-state index contributed by atoms with van der Waals surface area (Å²) < 4.78 is 35.1. The SMILES string of the molecule is CC1CCC(N(C(=O)C(C)(C)C)[C@H]2C[C@H](C(=O)N3CCN(C)CC3)N(C(=O)[C@@H]3CN(C4CCOCC4)C[C@H]3c3ccc(F)cc3F)C2)CC1. The van der Waals surface area contributed by atoms with Crippen LogP contribution in [0.5, 0.6) is 0 Å². The van der Waals surface area contributed by atoms with Crippen LogP contribution >= 0.6 is 0 Å². The third-order valence-corrected chi connectivity index (χ3v) is 12.0. The normalized spacial score (nSPS) is 30.9. The Morgan fingerprint density at radius 3 is 2.16 bits per heavy atom. The molecule has 0 aromatic heterocycles. The Hall–Kier alpha value is -2.63. The van der Waals surface area contributed by atoms with Gasteiger partial charge in [0.2, 0.25) is 17.7 Å². The van der Waals surface area contributed by atoms with Crippen molar-refractivity contribution in [3.63, 3.8) is 0 Å². The van der Waals surface area contributed by atoms with Gasteiger partial charge in [0.1, 0.15) is 17.7 Å². The number of likely N-dealkylation sites (N-methyl/N-ethyl adjacent to an activating group) is 1. The fraction of sp³-hybridized carbons (Fsp3) is 0.763. The maximum atomic E-state index is 15.5. The molecule has 0 bridgehead atoms. The lowest BCUT2D eigenvalue weighted by atomic mass is 9.84. The fourth-order valence-corrected chi connectivity index (χ4v) is 9.03. The zero-order chi connectivity index (χ0) is 35.0. The van der Waals surface area contributed by atoms with Crippen molar-refractivity contribution in [1.29, 1.82) is 0 Å². The number of hydrogen-bond donors (Lipinski definition) is 0. The summed E-state index contributed by atoms with van der Waals surface area (Å²) in [6.07, 6.45) is 5.99. The van der Waals surface area contributed by atoms with Crippen LogP contribution in [0.2, 0.25) is 0 Å². The number of amides is 3. The first-order valence-corrected chi connectivity index (χ1v) is 18.7. The predicted octanol–water partition coefficient (Wildman–Crippen LogP) is 4.36. The molecule has 3 amide bonds. The highest BCUT2D eigenvalue weighted by Gasteiger charge is 2.51. The summed E-state index contributed by atoms with van der Waals surface area (Å²) in [6.45, 7) is 13.3. The van der Waals surface area contributed by atoms with Gasteiger partial charge in [-0.1, -0.05) is 33.8 Å². The zero-order valence-corrected chi connectivity index (χ0v) is 30.2. The van der Waals surface area contributed by atoms with Crippen LogP contribution in [0.4, 0.5) is 8.78 Å². The maximum Gasteiger partial charge on any atom is 0.245 e. The van der Waals surface area contributed by atoms with Gasteiger partial charge in [-0.2, -0.15) is 0 Å². The van der Waals surface area contributed by atoms with Crippen LogP contribution in [-0.2, 0) is 19.1 Å². The minimum absolute atomic E-state index is 0.0619. The highest BCUT2D eigenvalue weighted by molar-refractivity contribution is 5.91. The Morgan fingerprint density at radius 2 is 1.53 bits per heavy atom. The van der Waals surface area contributed by atoms with E-state index >= 15 is 9.18 Å². The summed E-state index contributed by atoms with van der Waals surface area (Å²) in [5.74, 6) is -1.94. The van der Waals surface area contributed by atoms with Crippen molar-refractivity contribution in [2.24, 2.45) is 17.3 Å². The average molecular weight is 686 g/mol. The number of piperazine rings is 1. The minimum Gasteiger partial charge on any atom is -0.381 e. The Morgan fingerprint density at radius 1 is 0.857 bits per heavy atom. The molecule has 9 nitrogen and oxygen atoms in total. The molecular weight excluding hydrogens is 628 g/mol. The minimum atomic E-state index is -0.700. The number of likely N-dealkylation sites (tertiary alicyclic amines) is 2. The van der Waals surface area contributed by atoms with E-state index in [1.807, 2.05) is 32.7 Å². The summed E-state index contributed by atoms with van der Waals surface area (Å²) >= 11 is 0. The average Bonchev–Trinajstić information content (AvgIpc) is 3.71. The van der Waals surface area contributed by atoms with Gasteiger partial charge in [0.25, 0.3) is 0 Å². The first-order valence-electron chi connectivity index (χ1n) is 18.7. The number of hydrogen-bond acceptors (Lipinski definition) is 6. The molecular formula is C38H57F2N5O4. The molecule has 4 aliphatic heterocycles. The van der Waals surface area contributed by atoms with Crippen molar-refractivity contribution in [3.8, 4) is 0 Å². The molecule has 1 aliphatic carbocycles. The third kappa shape index (κ3) is 7.83. The van der Waals surface area contributed by atoms with Crippen molar-refractivity contribution in [3.05, 3.63) is 35.4 Å². The van der Waals surface area contributed by atoms with Crippen LogP contribution in [0.3, 0.4) is 0 Å². The standard InChI is InChI=1S/C38H57F2N5O4/c1-25-6-9-28(10-7-25)45(37(48)38(2,3)4)29-21-34(36(47)42-16-14-41(5)15-17-42)44(22-29)35(46)32-24-43(27-12-18-49-19-13-27)23-31(32)30-11-8-26(39)20-33(30)40/h8,11,20,25,27-29,31-32,34H,6-7,9-10,12-19,21-24H2,1-5H3/t25?,28?,29-,31-,32+,34+/m0/s1. The monoisotopic (exact) mass is 685 g/mol. The quantitative estimate of drug-likeness (QED) is 0.444. The van der Waals surface area contributed by atoms with Gasteiger partial charge >= 0.3 is 0 Å². The van der Waals surface area contributed by atoms with E-state index in [1.54, 1.807) is 4.90 Å². The second-order valence-corrected chi connectivity index (χ2v) is 16.6. The number of ether oxygens (including phenoxy) is 1. The van der Waals surface area contributed by atoms with Gasteiger partial charge in [-0.3, -0.25) is 19.3 Å². The van der Waals surface area contributed by atoms with E-state index in [-0.39, 0.29) is 42.4 Å². The van der Waals surface area contributed by atoms with Crippen LogP contribution in [0.25, 0.3) is 0 Å². The van der Waals surface area contributed by atoms with Crippen molar-refractivity contribution in [2.45, 2.75) is 103 Å². The van der Waals surface area contributed by atoms with Crippen molar-refractivity contribution < 1.29 is 27.9 Å². The highest BCUT2D eigenvalue weighted by Crippen LogP contribution is 2.41. The lowest BCUT2D eigenvalue weighted by Crippen LogP contribution is -2.54. The summed E-state index contributed by atoms with van der Waals surface area (Å²) in [4.78, 5) is 53.9. The molecule has 1 saturated carbocycles. The van der Waals surface area contributed by atoms with Gasteiger partial charge in [-0.25, -0.2) is 8.78 Å².